The van der Waals surface area contributed by atoms with E-state index in [0.29, 0.717) is 17.5 Å². The van der Waals surface area contributed by atoms with Gasteiger partial charge in [0.15, 0.2) is 5.78 Å². The summed E-state index contributed by atoms with van der Waals surface area (Å²) < 4.78 is 5.88. The zero-order valence-electron chi connectivity index (χ0n) is 16.7. The first-order valence-corrected chi connectivity index (χ1v) is 10.1. The fourth-order valence-corrected chi connectivity index (χ4v) is 2.95. The van der Waals surface area contributed by atoms with Crippen LogP contribution >= 0.6 is 11.6 Å². The van der Waals surface area contributed by atoms with Gasteiger partial charge in [0.1, 0.15) is 0 Å². The number of halogens is 1. The molecule has 29 heavy (non-hydrogen) atoms. The van der Waals surface area contributed by atoms with Gasteiger partial charge in [-0.05, 0) is 67.5 Å². The molecule has 1 heterocycles. The van der Waals surface area contributed by atoms with Crippen molar-refractivity contribution in [1.82, 2.24) is 4.98 Å². The zero-order chi connectivity index (χ0) is 20.6. The Morgan fingerprint density at radius 3 is 2.59 bits per heavy atom. The van der Waals surface area contributed by atoms with Crippen LogP contribution in [-0.2, 0) is 4.79 Å². The number of ether oxygens (including phenoxy) is 1. The molecule has 0 N–H and O–H groups in total. The van der Waals surface area contributed by atoms with E-state index in [2.05, 4.69) is 18.0 Å². The van der Waals surface area contributed by atoms with E-state index in [1.807, 2.05) is 37.3 Å². The molecule has 3 aromatic rings. The first kappa shape index (κ1) is 20.8. The third-order valence-electron chi connectivity index (χ3n) is 4.44. The highest BCUT2D eigenvalue weighted by atomic mass is 35.5. The molecule has 0 bridgehead atoms. The van der Waals surface area contributed by atoms with Crippen molar-refractivity contribution in [3.05, 3.63) is 82.4 Å². The van der Waals surface area contributed by atoms with E-state index < -0.39 is 0 Å². The number of benzene rings is 2. The van der Waals surface area contributed by atoms with Gasteiger partial charge in [-0.15, -0.1) is 0 Å². The molecule has 0 radical (unpaired) electrons. The fraction of sp³-hybridized carbons (Fsp3) is 0.200. The second kappa shape index (κ2) is 10.0. The molecule has 0 fully saturated rings. The van der Waals surface area contributed by atoms with Crippen molar-refractivity contribution in [3.63, 3.8) is 0 Å². The summed E-state index contributed by atoms with van der Waals surface area (Å²) in [7, 11) is 0. The maximum atomic E-state index is 12.3. The van der Waals surface area contributed by atoms with Crippen molar-refractivity contribution in [2.24, 2.45) is 0 Å². The van der Waals surface area contributed by atoms with Gasteiger partial charge < -0.3 is 4.74 Å². The minimum absolute atomic E-state index is 0.108. The zero-order valence-corrected chi connectivity index (χ0v) is 17.4. The Labute approximate surface area is 176 Å². The molecule has 148 valence electrons. The SMILES string of the molecule is CCCCOc1nc2ccc(C)cc2cc1/C=C/C(=O)/C=C/c1ccc(Cl)cc1. The molecule has 3 rings (SSSR count). The van der Waals surface area contributed by atoms with Crippen molar-refractivity contribution in [3.8, 4) is 5.88 Å². The highest BCUT2D eigenvalue weighted by molar-refractivity contribution is 6.30. The molecule has 0 saturated heterocycles. The normalized spacial score (nSPS) is 11.6. The van der Waals surface area contributed by atoms with E-state index in [1.54, 1.807) is 24.3 Å². The van der Waals surface area contributed by atoms with Gasteiger partial charge in [0.25, 0.3) is 0 Å². The minimum atomic E-state index is -0.108. The van der Waals surface area contributed by atoms with Crippen LogP contribution in [0.15, 0.2) is 60.7 Å². The molecule has 0 aliphatic carbocycles. The van der Waals surface area contributed by atoms with Crippen LogP contribution in [0.3, 0.4) is 0 Å². The summed E-state index contributed by atoms with van der Waals surface area (Å²) in [4.78, 5) is 16.9. The van der Waals surface area contributed by atoms with Crippen molar-refractivity contribution < 1.29 is 9.53 Å². The van der Waals surface area contributed by atoms with Gasteiger partial charge in [0.2, 0.25) is 5.88 Å². The Bertz CT molecular complexity index is 1050. The van der Waals surface area contributed by atoms with E-state index in [9.17, 15) is 4.79 Å². The molecular formula is C25H24ClNO2. The Kier molecular flexibility index (Phi) is 7.20. The number of aryl methyl sites for hydroxylation is 1. The maximum Gasteiger partial charge on any atom is 0.221 e. The number of pyridine rings is 1. The number of hydrogen-bond acceptors (Lipinski definition) is 3. The molecule has 0 amide bonds. The smallest absolute Gasteiger partial charge is 0.221 e. The number of allylic oxidation sites excluding steroid dienone is 2. The van der Waals surface area contributed by atoms with Gasteiger partial charge in [-0.3, -0.25) is 4.79 Å². The summed E-state index contributed by atoms with van der Waals surface area (Å²) in [6.07, 6.45) is 8.62. The van der Waals surface area contributed by atoms with Crippen molar-refractivity contribution in [2.45, 2.75) is 26.7 Å². The second-order valence-electron chi connectivity index (χ2n) is 6.90. The van der Waals surface area contributed by atoms with Crippen molar-refractivity contribution >= 4 is 40.4 Å². The van der Waals surface area contributed by atoms with Crippen LogP contribution in [0.1, 0.15) is 36.5 Å². The highest BCUT2D eigenvalue weighted by Crippen LogP contribution is 2.25. The topological polar surface area (TPSA) is 39.2 Å². The second-order valence-corrected chi connectivity index (χ2v) is 7.34. The van der Waals surface area contributed by atoms with Crippen LogP contribution in [-0.4, -0.2) is 17.4 Å². The number of nitrogens with zero attached hydrogens (tertiary/aromatic N) is 1. The van der Waals surface area contributed by atoms with Crippen LogP contribution < -0.4 is 4.74 Å². The summed E-state index contributed by atoms with van der Waals surface area (Å²) in [5, 5.41) is 1.69. The molecular weight excluding hydrogens is 382 g/mol. The van der Waals surface area contributed by atoms with Crippen LogP contribution in [0.2, 0.25) is 5.02 Å². The third kappa shape index (κ3) is 6.03. The largest absolute Gasteiger partial charge is 0.477 e. The first-order valence-electron chi connectivity index (χ1n) is 9.75. The summed E-state index contributed by atoms with van der Waals surface area (Å²) in [5.41, 5.74) is 3.76. The first-order chi connectivity index (χ1) is 14.0. The number of aromatic nitrogens is 1. The molecule has 4 heteroatoms. The van der Waals surface area contributed by atoms with Gasteiger partial charge in [-0.2, -0.15) is 0 Å². The predicted octanol–water partition coefficient (Wildman–Crippen LogP) is 6.67. The number of carbonyl (C=O) groups excluding carboxylic acids is 1. The van der Waals surface area contributed by atoms with E-state index in [1.165, 1.54) is 12.2 Å². The standard InChI is InChI=1S/C25H24ClNO2/c1-3-4-15-29-25-20(17-21-16-18(2)5-14-24(21)27-25)9-13-23(28)12-8-19-6-10-22(26)11-7-19/h5-14,16-17H,3-4,15H2,1-2H3/b12-8+,13-9+. The number of fused-ring (bicyclic) bond motifs is 1. The van der Waals surface area contributed by atoms with E-state index in [4.69, 9.17) is 16.3 Å². The predicted molar refractivity (Wildman–Crippen MR) is 121 cm³/mol. The molecule has 1 aromatic heterocycles. The van der Waals surface area contributed by atoms with E-state index >= 15 is 0 Å². The monoisotopic (exact) mass is 405 g/mol. The molecule has 0 atom stereocenters. The lowest BCUT2D eigenvalue weighted by Crippen LogP contribution is -2.01. The molecule has 0 unspecified atom stereocenters. The minimum Gasteiger partial charge on any atom is -0.477 e. The van der Waals surface area contributed by atoms with Crippen LogP contribution in [0, 0.1) is 6.92 Å². The number of hydrogen-bond donors (Lipinski definition) is 0. The van der Waals surface area contributed by atoms with Gasteiger partial charge in [-0.25, -0.2) is 4.98 Å². The van der Waals surface area contributed by atoms with Crippen LogP contribution in [0.4, 0.5) is 0 Å². The van der Waals surface area contributed by atoms with Gasteiger partial charge >= 0.3 is 0 Å². The Balaban J connectivity index is 1.82. The number of carbonyl (C=O) groups is 1. The lowest BCUT2D eigenvalue weighted by atomic mass is 10.1. The van der Waals surface area contributed by atoms with Gasteiger partial charge in [0, 0.05) is 16.0 Å². The average Bonchev–Trinajstić information content (AvgIpc) is 2.72. The third-order valence-corrected chi connectivity index (χ3v) is 4.69. The molecule has 0 saturated carbocycles. The lowest BCUT2D eigenvalue weighted by molar-refractivity contribution is -0.110. The number of unbranched alkanes of at least 4 members (excludes halogenated alkanes) is 1. The fourth-order valence-electron chi connectivity index (χ4n) is 2.82. The quantitative estimate of drug-likeness (QED) is 0.310. The Morgan fingerprint density at radius 1 is 1.07 bits per heavy atom. The molecule has 0 aliphatic heterocycles. The molecule has 3 nitrogen and oxygen atoms in total. The Hall–Kier alpha value is -2.91. The van der Waals surface area contributed by atoms with Crippen LogP contribution in [0.25, 0.3) is 23.1 Å². The molecule has 0 spiro atoms. The van der Waals surface area contributed by atoms with Crippen LogP contribution in [0.5, 0.6) is 5.88 Å². The lowest BCUT2D eigenvalue weighted by Gasteiger charge is -2.10. The Morgan fingerprint density at radius 2 is 1.83 bits per heavy atom. The number of ketones is 1. The molecule has 0 aliphatic rings. The number of rotatable bonds is 8. The molecule has 2 aromatic carbocycles. The van der Waals surface area contributed by atoms with Crippen molar-refractivity contribution in [1.29, 1.82) is 0 Å². The van der Waals surface area contributed by atoms with E-state index in [0.717, 1.165) is 40.4 Å². The van der Waals surface area contributed by atoms with E-state index in [-0.39, 0.29) is 5.78 Å². The summed E-state index contributed by atoms with van der Waals surface area (Å²) in [6, 6.07) is 15.4. The highest BCUT2D eigenvalue weighted by Gasteiger charge is 2.07. The summed E-state index contributed by atoms with van der Waals surface area (Å²) >= 11 is 5.88. The average molecular weight is 406 g/mol. The van der Waals surface area contributed by atoms with Gasteiger partial charge in [-0.1, -0.05) is 54.8 Å². The summed E-state index contributed by atoms with van der Waals surface area (Å²) in [6.45, 7) is 4.77. The summed E-state index contributed by atoms with van der Waals surface area (Å²) in [5.74, 6) is 0.448. The van der Waals surface area contributed by atoms with Crippen molar-refractivity contribution in [2.75, 3.05) is 6.61 Å². The van der Waals surface area contributed by atoms with Gasteiger partial charge in [0.05, 0.1) is 12.1 Å². The maximum absolute atomic E-state index is 12.3.